The Bertz CT molecular complexity index is 377. The van der Waals surface area contributed by atoms with Gasteiger partial charge in [-0.05, 0) is 61.2 Å². The zero-order valence-electron chi connectivity index (χ0n) is 11.0. The van der Waals surface area contributed by atoms with Crippen LogP contribution in [0.5, 0.6) is 0 Å². The molecule has 18 heavy (non-hydrogen) atoms. The number of rotatable bonds is 3. The van der Waals surface area contributed by atoms with E-state index in [1.165, 1.54) is 25.7 Å². The highest BCUT2D eigenvalue weighted by Crippen LogP contribution is 2.55. The number of hydrogen-bond donors (Lipinski definition) is 2. The maximum atomic E-state index is 6.89. The summed E-state index contributed by atoms with van der Waals surface area (Å²) in [5, 5.41) is 0. The van der Waals surface area contributed by atoms with Gasteiger partial charge in [0.25, 0.3) is 0 Å². The van der Waals surface area contributed by atoms with Gasteiger partial charge in [-0.1, -0.05) is 24.3 Å². The lowest BCUT2D eigenvalue weighted by molar-refractivity contribution is 0.135. The summed E-state index contributed by atoms with van der Waals surface area (Å²) < 4.78 is 0. The first-order valence-corrected chi connectivity index (χ1v) is 7.56. The van der Waals surface area contributed by atoms with Crippen molar-refractivity contribution in [3.05, 3.63) is 24.3 Å². The topological polar surface area (TPSA) is 52.0 Å². The zero-order valence-corrected chi connectivity index (χ0v) is 11.0. The van der Waals surface area contributed by atoms with Crippen LogP contribution in [0.2, 0.25) is 0 Å². The smallest absolute Gasteiger partial charge is 0.0347 e. The lowest BCUT2D eigenvalue weighted by atomic mass is 9.65. The van der Waals surface area contributed by atoms with E-state index in [4.69, 9.17) is 11.5 Å². The highest BCUT2D eigenvalue weighted by Gasteiger charge is 2.54. The van der Waals surface area contributed by atoms with Crippen LogP contribution in [-0.2, 0) is 0 Å². The molecule has 4 N–H and O–H groups in total. The Morgan fingerprint density at radius 2 is 1.33 bits per heavy atom. The van der Waals surface area contributed by atoms with Crippen molar-refractivity contribution in [2.24, 2.45) is 47.0 Å². The fraction of sp³-hybridized carbons (Fsp3) is 0.750. The van der Waals surface area contributed by atoms with E-state index < -0.39 is 0 Å². The Labute approximate surface area is 109 Å². The molecule has 2 fully saturated rings. The lowest BCUT2D eigenvalue weighted by Crippen LogP contribution is -2.60. The van der Waals surface area contributed by atoms with Crippen molar-refractivity contribution in [3.8, 4) is 0 Å². The fourth-order valence-corrected chi connectivity index (χ4v) is 5.38. The van der Waals surface area contributed by atoms with Crippen molar-refractivity contribution in [2.75, 3.05) is 6.54 Å². The van der Waals surface area contributed by atoms with Crippen LogP contribution in [0.3, 0.4) is 0 Å². The Hall–Kier alpha value is -0.600. The molecule has 0 spiro atoms. The van der Waals surface area contributed by atoms with Gasteiger partial charge in [-0.3, -0.25) is 0 Å². The summed E-state index contributed by atoms with van der Waals surface area (Å²) in [6.07, 6.45) is 14.9. The van der Waals surface area contributed by atoms with Crippen LogP contribution in [0.1, 0.15) is 25.7 Å². The molecule has 0 saturated heterocycles. The lowest BCUT2D eigenvalue weighted by Gasteiger charge is -2.45. The summed E-state index contributed by atoms with van der Waals surface area (Å²) in [4.78, 5) is 0. The molecule has 4 rings (SSSR count). The fourth-order valence-electron chi connectivity index (χ4n) is 5.38. The van der Waals surface area contributed by atoms with Gasteiger partial charge < -0.3 is 11.5 Å². The van der Waals surface area contributed by atoms with E-state index in [-0.39, 0.29) is 5.54 Å². The molecule has 0 amide bonds. The largest absolute Gasteiger partial charge is 0.329 e. The monoisotopic (exact) mass is 244 g/mol. The molecular weight excluding hydrogens is 220 g/mol. The molecule has 2 saturated carbocycles. The van der Waals surface area contributed by atoms with E-state index in [0.717, 1.165) is 11.8 Å². The van der Waals surface area contributed by atoms with Crippen LogP contribution in [0.4, 0.5) is 0 Å². The van der Waals surface area contributed by atoms with Gasteiger partial charge >= 0.3 is 0 Å². The second-order valence-electron chi connectivity index (χ2n) is 7.09. The van der Waals surface area contributed by atoms with Crippen LogP contribution in [0, 0.1) is 35.5 Å². The van der Waals surface area contributed by atoms with E-state index in [1.807, 2.05) is 0 Å². The minimum Gasteiger partial charge on any atom is -0.329 e. The SMILES string of the molecule is NCC(N)(C1CC2C=CC1C2)C1CC2C=CC1C2. The summed E-state index contributed by atoms with van der Waals surface area (Å²) in [5.74, 6) is 4.29. The molecule has 0 heterocycles. The molecule has 6 unspecified atom stereocenters. The zero-order chi connectivity index (χ0) is 12.3. The van der Waals surface area contributed by atoms with Crippen molar-refractivity contribution < 1.29 is 0 Å². The van der Waals surface area contributed by atoms with Crippen molar-refractivity contribution in [2.45, 2.75) is 31.2 Å². The van der Waals surface area contributed by atoms with Crippen molar-refractivity contribution in [1.82, 2.24) is 0 Å². The number of nitrogens with two attached hydrogens (primary N) is 2. The highest BCUT2D eigenvalue weighted by atomic mass is 14.9. The van der Waals surface area contributed by atoms with Crippen LogP contribution in [0.25, 0.3) is 0 Å². The van der Waals surface area contributed by atoms with Gasteiger partial charge in [0.05, 0.1) is 0 Å². The predicted octanol–water partition coefficient (Wildman–Crippen LogP) is 2.07. The van der Waals surface area contributed by atoms with Crippen LogP contribution in [-0.4, -0.2) is 12.1 Å². The molecule has 0 aromatic heterocycles. The third-order valence-electron chi connectivity index (χ3n) is 6.29. The maximum Gasteiger partial charge on any atom is 0.0347 e. The standard InChI is InChI=1S/C16H24N2/c17-9-16(18,14-7-10-1-3-12(14)5-10)15-8-11-2-4-13(15)6-11/h1-4,10-15H,5-9,17-18H2. The molecule has 2 heteroatoms. The van der Waals surface area contributed by atoms with Gasteiger partial charge in [-0.15, -0.1) is 0 Å². The molecule has 98 valence electrons. The van der Waals surface area contributed by atoms with Crippen LogP contribution in [0.15, 0.2) is 24.3 Å². The molecule has 4 bridgehead atoms. The van der Waals surface area contributed by atoms with Gasteiger partial charge in [0, 0.05) is 12.1 Å². The van der Waals surface area contributed by atoms with E-state index in [0.29, 0.717) is 30.2 Å². The molecule has 0 aliphatic heterocycles. The molecule has 6 atom stereocenters. The number of hydrogen-bond acceptors (Lipinski definition) is 2. The summed E-state index contributed by atoms with van der Waals surface area (Å²) in [7, 11) is 0. The first kappa shape index (κ1) is 11.2. The molecule has 0 aromatic rings. The van der Waals surface area contributed by atoms with Crippen molar-refractivity contribution in [3.63, 3.8) is 0 Å². The Morgan fingerprint density at radius 1 is 0.833 bits per heavy atom. The van der Waals surface area contributed by atoms with E-state index >= 15 is 0 Å². The van der Waals surface area contributed by atoms with Gasteiger partial charge in [-0.2, -0.15) is 0 Å². The molecule has 2 nitrogen and oxygen atoms in total. The third kappa shape index (κ3) is 1.36. The maximum absolute atomic E-state index is 6.89. The van der Waals surface area contributed by atoms with Crippen LogP contribution < -0.4 is 11.5 Å². The number of fused-ring (bicyclic) bond motifs is 4. The van der Waals surface area contributed by atoms with Crippen LogP contribution >= 0.6 is 0 Å². The molecule has 0 radical (unpaired) electrons. The normalized spacial score (nSPS) is 51.2. The predicted molar refractivity (Wildman–Crippen MR) is 73.7 cm³/mol. The van der Waals surface area contributed by atoms with E-state index in [1.54, 1.807) is 0 Å². The second-order valence-corrected chi connectivity index (χ2v) is 7.09. The Kier molecular flexibility index (Phi) is 2.31. The van der Waals surface area contributed by atoms with Gasteiger partial charge in [0.1, 0.15) is 0 Å². The number of allylic oxidation sites excluding steroid dienone is 4. The molecule has 4 aliphatic rings. The first-order valence-electron chi connectivity index (χ1n) is 7.56. The summed E-state index contributed by atoms with van der Waals surface area (Å²) >= 11 is 0. The molecular formula is C16H24N2. The van der Waals surface area contributed by atoms with Crippen molar-refractivity contribution >= 4 is 0 Å². The average Bonchev–Trinajstić information content (AvgIpc) is 3.15. The minimum atomic E-state index is -0.117. The third-order valence-corrected chi connectivity index (χ3v) is 6.29. The minimum absolute atomic E-state index is 0.117. The van der Waals surface area contributed by atoms with Crippen molar-refractivity contribution in [1.29, 1.82) is 0 Å². The Morgan fingerprint density at radius 3 is 1.61 bits per heavy atom. The van der Waals surface area contributed by atoms with E-state index in [2.05, 4.69) is 24.3 Å². The second kappa shape index (κ2) is 3.71. The quantitative estimate of drug-likeness (QED) is 0.747. The van der Waals surface area contributed by atoms with E-state index in [9.17, 15) is 0 Å². The highest BCUT2D eigenvalue weighted by molar-refractivity contribution is 5.21. The molecule has 0 aromatic carbocycles. The van der Waals surface area contributed by atoms with Gasteiger partial charge in [-0.25, -0.2) is 0 Å². The van der Waals surface area contributed by atoms with Gasteiger partial charge in [0.2, 0.25) is 0 Å². The average molecular weight is 244 g/mol. The molecule has 4 aliphatic carbocycles. The summed E-state index contributed by atoms with van der Waals surface area (Å²) in [5.41, 5.74) is 12.9. The van der Waals surface area contributed by atoms with Gasteiger partial charge in [0.15, 0.2) is 0 Å². The Balaban J connectivity index is 1.63. The first-order chi connectivity index (χ1) is 8.70. The summed E-state index contributed by atoms with van der Waals surface area (Å²) in [6, 6.07) is 0. The summed E-state index contributed by atoms with van der Waals surface area (Å²) in [6.45, 7) is 0.663.